The Morgan fingerprint density at radius 1 is 1.21 bits per heavy atom. The predicted molar refractivity (Wildman–Crippen MR) is 65.2 cm³/mol. The molecule has 0 amide bonds. The second kappa shape index (κ2) is 7.88. The highest BCUT2D eigenvalue weighted by atomic mass is 16.6. The third kappa shape index (κ3) is 3.32. The molecular weight excluding hydrogens is 248 g/mol. The molecule has 0 N–H and O–H groups in total. The zero-order valence-electron chi connectivity index (χ0n) is 11.0. The van der Waals surface area contributed by atoms with Crippen LogP contribution in [-0.2, 0) is 19.1 Å². The summed E-state index contributed by atoms with van der Waals surface area (Å²) in [6.07, 6.45) is 1.09. The van der Waals surface area contributed by atoms with Crippen LogP contribution in [0.1, 0.15) is 20.3 Å². The average Bonchev–Trinajstić information content (AvgIpc) is 2.39. The maximum Gasteiger partial charge on any atom is 0.326 e. The van der Waals surface area contributed by atoms with Crippen molar-refractivity contribution in [3.63, 3.8) is 0 Å². The number of nitriles is 2. The summed E-state index contributed by atoms with van der Waals surface area (Å²) in [4.78, 5) is 24.1. The molecule has 0 heterocycles. The van der Waals surface area contributed by atoms with Crippen molar-refractivity contribution >= 4 is 11.9 Å². The molecule has 0 bridgehead atoms. The summed E-state index contributed by atoms with van der Waals surface area (Å²) < 4.78 is 9.64. The lowest BCUT2D eigenvalue weighted by Crippen LogP contribution is -2.47. The Labute approximate surface area is 112 Å². The highest BCUT2D eigenvalue weighted by Crippen LogP contribution is 2.35. The van der Waals surface area contributed by atoms with Gasteiger partial charge in [-0.15, -0.1) is 6.58 Å². The molecule has 0 fully saturated rings. The second-order valence-corrected chi connectivity index (χ2v) is 3.60. The van der Waals surface area contributed by atoms with E-state index < -0.39 is 23.3 Å². The van der Waals surface area contributed by atoms with Crippen molar-refractivity contribution in [1.29, 1.82) is 10.5 Å². The van der Waals surface area contributed by atoms with Crippen molar-refractivity contribution in [2.24, 2.45) is 11.3 Å². The monoisotopic (exact) mass is 264 g/mol. The van der Waals surface area contributed by atoms with Crippen LogP contribution >= 0.6 is 0 Å². The van der Waals surface area contributed by atoms with Crippen LogP contribution in [0.15, 0.2) is 12.7 Å². The Morgan fingerprint density at radius 3 is 1.89 bits per heavy atom. The molecule has 0 radical (unpaired) electrons. The summed E-state index contributed by atoms with van der Waals surface area (Å²) in [7, 11) is 0. The van der Waals surface area contributed by atoms with Gasteiger partial charge in [0.15, 0.2) is 11.3 Å². The summed E-state index contributed by atoms with van der Waals surface area (Å²) in [6, 6.07) is 3.29. The molecule has 0 rings (SSSR count). The maximum atomic E-state index is 12.1. The van der Waals surface area contributed by atoms with E-state index in [2.05, 4.69) is 6.58 Å². The first kappa shape index (κ1) is 16.7. The molecule has 0 aromatic rings. The maximum absolute atomic E-state index is 12.1. The van der Waals surface area contributed by atoms with Gasteiger partial charge in [-0.25, -0.2) is 0 Å². The molecule has 6 heteroatoms. The van der Waals surface area contributed by atoms with E-state index in [1.165, 1.54) is 6.08 Å². The van der Waals surface area contributed by atoms with Crippen molar-refractivity contribution < 1.29 is 19.1 Å². The van der Waals surface area contributed by atoms with E-state index in [0.717, 1.165) is 0 Å². The van der Waals surface area contributed by atoms with Gasteiger partial charge >= 0.3 is 11.9 Å². The lowest BCUT2D eigenvalue weighted by atomic mass is 9.73. The van der Waals surface area contributed by atoms with Crippen molar-refractivity contribution in [2.75, 3.05) is 13.2 Å². The molecule has 0 aromatic carbocycles. The lowest BCUT2D eigenvalue weighted by Gasteiger charge is -2.28. The normalized spacial score (nSPS) is 10.2. The molecule has 0 aliphatic carbocycles. The van der Waals surface area contributed by atoms with E-state index in [-0.39, 0.29) is 19.6 Å². The number of rotatable bonds is 7. The Hall–Kier alpha value is -2.34. The summed E-state index contributed by atoms with van der Waals surface area (Å²) in [5.41, 5.74) is -1.97. The van der Waals surface area contributed by atoms with E-state index in [1.54, 1.807) is 26.0 Å². The Bertz CT molecular complexity index is 399. The van der Waals surface area contributed by atoms with Crippen LogP contribution < -0.4 is 0 Å². The zero-order chi connectivity index (χ0) is 14.9. The minimum Gasteiger partial charge on any atom is -0.465 e. The van der Waals surface area contributed by atoms with Gasteiger partial charge in [0, 0.05) is 0 Å². The molecule has 0 saturated carbocycles. The Kier molecular flexibility index (Phi) is 6.91. The number of esters is 2. The SMILES string of the molecule is C=CCC(C(=O)OCC)(C(=O)OCC)C(C#N)C#N. The van der Waals surface area contributed by atoms with Crippen LogP contribution in [0.4, 0.5) is 0 Å². The van der Waals surface area contributed by atoms with Crippen molar-refractivity contribution in [1.82, 2.24) is 0 Å². The molecule has 0 atom stereocenters. The molecule has 0 aromatic heterocycles. The van der Waals surface area contributed by atoms with Crippen LogP contribution in [0.2, 0.25) is 0 Å². The van der Waals surface area contributed by atoms with E-state index in [0.29, 0.717) is 0 Å². The number of hydrogen-bond acceptors (Lipinski definition) is 6. The van der Waals surface area contributed by atoms with Crippen LogP contribution in [0.3, 0.4) is 0 Å². The molecule has 6 nitrogen and oxygen atoms in total. The minimum atomic E-state index is -1.97. The van der Waals surface area contributed by atoms with E-state index in [1.807, 2.05) is 0 Å². The van der Waals surface area contributed by atoms with Gasteiger partial charge in [-0.05, 0) is 20.3 Å². The average molecular weight is 264 g/mol. The first-order chi connectivity index (χ1) is 9.04. The van der Waals surface area contributed by atoms with Crippen molar-refractivity contribution in [3.05, 3.63) is 12.7 Å². The van der Waals surface area contributed by atoms with Crippen LogP contribution in [0, 0.1) is 34.0 Å². The number of nitrogens with zero attached hydrogens (tertiary/aromatic N) is 2. The fourth-order valence-corrected chi connectivity index (χ4v) is 1.60. The summed E-state index contributed by atoms with van der Waals surface area (Å²) in [6.45, 7) is 6.63. The molecule has 0 aliphatic rings. The molecule has 0 unspecified atom stereocenters. The van der Waals surface area contributed by atoms with Crippen molar-refractivity contribution in [3.8, 4) is 12.1 Å². The molecule has 102 valence electrons. The minimum absolute atomic E-state index is 0.0285. The summed E-state index contributed by atoms with van der Waals surface area (Å²) in [5.74, 6) is -3.38. The number of hydrogen-bond donors (Lipinski definition) is 0. The zero-order valence-corrected chi connectivity index (χ0v) is 11.0. The Morgan fingerprint density at radius 2 is 1.63 bits per heavy atom. The fourth-order valence-electron chi connectivity index (χ4n) is 1.60. The lowest BCUT2D eigenvalue weighted by molar-refractivity contribution is -0.173. The van der Waals surface area contributed by atoms with Gasteiger partial charge in [-0.1, -0.05) is 6.08 Å². The fraction of sp³-hybridized carbons (Fsp3) is 0.538. The third-order valence-corrected chi connectivity index (χ3v) is 2.50. The van der Waals surface area contributed by atoms with Gasteiger partial charge in [0.25, 0.3) is 0 Å². The quantitative estimate of drug-likeness (QED) is 0.390. The van der Waals surface area contributed by atoms with Crippen LogP contribution in [-0.4, -0.2) is 25.2 Å². The first-order valence-corrected chi connectivity index (χ1v) is 5.79. The van der Waals surface area contributed by atoms with Gasteiger partial charge in [0.05, 0.1) is 25.4 Å². The second-order valence-electron chi connectivity index (χ2n) is 3.60. The predicted octanol–water partition coefficient (Wildman–Crippen LogP) is 1.34. The van der Waals surface area contributed by atoms with Crippen LogP contribution in [0.5, 0.6) is 0 Å². The summed E-state index contributed by atoms with van der Waals surface area (Å²) >= 11 is 0. The van der Waals surface area contributed by atoms with Crippen LogP contribution in [0.25, 0.3) is 0 Å². The van der Waals surface area contributed by atoms with E-state index in [9.17, 15) is 9.59 Å². The summed E-state index contributed by atoms with van der Waals surface area (Å²) in [5, 5.41) is 18.0. The molecule has 19 heavy (non-hydrogen) atoms. The van der Waals surface area contributed by atoms with Crippen molar-refractivity contribution in [2.45, 2.75) is 20.3 Å². The molecule has 0 aliphatic heterocycles. The van der Waals surface area contributed by atoms with Gasteiger partial charge < -0.3 is 9.47 Å². The molecule has 0 saturated heterocycles. The van der Waals surface area contributed by atoms with E-state index >= 15 is 0 Å². The highest BCUT2D eigenvalue weighted by Gasteiger charge is 2.55. The molecular formula is C13H16N2O4. The molecule has 0 spiro atoms. The van der Waals surface area contributed by atoms with Gasteiger partial charge in [-0.2, -0.15) is 10.5 Å². The van der Waals surface area contributed by atoms with Gasteiger partial charge in [0.2, 0.25) is 0 Å². The van der Waals surface area contributed by atoms with E-state index in [4.69, 9.17) is 20.0 Å². The largest absolute Gasteiger partial charge is 0.465 e. The number of ether oxygens (including phenoxy) is 2. The highest BCUT2D eigenvalue weighted by molar-refractivity contribution is 6.01. The third-order valence-electron chi connectivity index (χ3n) is 2.50. The number of allylic oxidation sites excluding steroid dienone is 1. The topological polar surface area (TPSA) is 100 Å². The van der Waals surface area contributed by atoms with Gasteiger partial charge in [-0.3, -0.25) is 9.59 Å². The smallest absolute Gasteiger partial charge is 0.326 e. The van der Waals surface area contributed by atoms with Gasteiger partial charge in [0.1, 0.15) is 0 Å². The number of carbonyl (C=O) groups is 2. The Balaban J connectivity index is 5.81. The standard InChI is InChI=1S/C13H16N2O4/c1-4-7-13(10(8-14)9-15,11(16)18-5-2)12(17)19-6-3/h4,10H,1,5-7H2,2-3H3. The first-order valence-electron chi connectivity index (χ1n) is 5.79. The number of carbonyl (C=O) groups excluding carboxylic acids is 2.